The summed E-state index contributed by atoms with van der Waals surface area (Å²) in [6.07, 6.45) is 3.30. The highest BCUT2D eigenvalue weighted by Crippen LogP contribution is 2.29. The number of hydrogen-bond acceptors (Lipinski definition) is 7. The molecule has 0 radical (unpaired) electrons. The zero-order valence-electron chi connectivity index (χ0n) is 18.0. The summed E-state index contributed by atoms with van der Waals surface area (Å²) < 4.78 is 17.4. The lowest BCUT2D eigenvalue weighted by Gasteiger charge is -2.29. The predicted molar refractivity (Wildman–Crippen MR) is 117 cm³/mol. The van der Waals surface area contributed by atoms with Gasteiger partial charge in [-0.3, -0.25) is 0 Å². The fraction of sp³-hybridized carbons (Fsp3) is 0.217. The Morgan fingerprint density at radius 1 is 1.09 bits per heavy atom. The molecule has 33 heavy (non-hydrogen) atoms. The van der Waals surface area contributed by atoms with E-state index in [-0.39, 0.29) is 30.2 Å². The van der Waals surface area contributed by atoms with Crippen molar-refractivity contribution < 1.29 is 28.6 Å². The number of carbonyl (C=O) groups is 3. The van der Waals surface area contributed by atoms with E-state index in [9.17, 15) is 14.4 Å². The van der Waals surface area contributed by atoms with E-state index in [1.807, 2.05) is 6.07 Å². The number of urea groups is 1. The van der Waals surface area contributed by atoms with Crippen LogP contribution in [0, 0.1) is 0 Å². The number of hydrogen-bond donors (Lipinski definition) is 2. The maximum Gasteiger partial charge on any atom is 0.358 e. The van der Waals surface area contributed by atoms with Gasteiger partial charge in [0.15, 0.2) is 5.69 Å². The van der Waals surface area contributed by atoms with Crippen molar-refractivity contribution in [1.82, 2.24) is 20.0 Å². The van der Waals surface area contributed by atoms with Crippen LogP contribution in [-0.4, -0.2) is 47.7 Å². The Hall–Kier alpha value is -4.34. The van der Waals surface area contributed by atoms with Crippen molar-refractivity contribution in [2.75, 3.05) is 20.3 Å². The zero-order chi connectivity index (χ0) is 23.4. The first-order valence-electron chi connectivity index (χ1n) is 10.2. The average Bonchev–Trinajstić information content (AvgIpc) is 3.27. The highest BCUT2D eigenvalue weighted by molar-refractivity contribution is 5.95. The Labute approximate surface area is 189 Å². The minimum Gasteiger partial charge on any atom is -0.497 e. The van der Waals surface area contributed by atoms with Crippen molar-refractivity contribution in [2.24, 2.45) is 0 Å². The highest BCUT2D eigenvalue weighted by Gasteiger charge is 2.34. The Morgan fingerprint density at radius 2 is 1.88 bits per heavy atom. The topological polar surface area (TPSA) is 120 Å². The molecule has 10 heteroatoms. The predicted octanol–water partition coefficient (Wildman–Crippen LogP) is 2.37. The van der Waals surface area contributed by atoms with E-state index in [0.29, 0.717) is 17.0 Å². The number of fused-ring (bicyclic) bond motifs is 1. The summed E-state index contributed by atoms with van der Waals surface area (Å²) in [6.45, 7) is 1.47. The molecule has 0 spiro atoms. The molecule has 170 valence electrons. The minimum absolute atomic E-state index is 0.103. The highest BCUT2D eigenvalue weighted by atomic mass is 16.5. The van der Waals surface area contributed by atoms with Crippen LogP contribution in [-0.2, 0) is 14.3 Å². The maximum atomic E-state index is 12.8. The Kier molecular flexibility index (Phi) is 6.25. The summed E-state index contributed by atoms with van der Waals surface area (Å²) in [5.41, 5.74) is 1.61. The maximum absolute atomic E-state index is 12.8. The molecule has 10 nitrogen and oxygen atoms in total. The molecule has 0 saturated heterocycles. The molecule has 0 fully saturated rings. The van der Waals surface area contributed by atoms with Crippen molar-refractivity contribution in [3.05, 3.63) is 77.4 Å². The van der Waals surface area contributed by atoms with Crippen LogP contribution in [0.3, 0.4) is 0 Å². The van der Waals surface area contributed by atoms with Gasteiger partial charge in [0, 0.05) is 12.4 Å². The third-order valence-electron chi connectivity index (χ3n) is 5.02. The normalized spacial score (nSPS) is 15.6. The summed E-state index contributed by atoms with van der Waals surface area (Å²) in [4.78, 5) is 42.0. The molecular formula is C23H22N4O6. The molecule has 0 unspecified atom stereocenters. The summed E-state index contributed by atoms with van der Waals surface area (Å²) in [7, 11) is 1.54. The first kappa shape index (κ1) is 21.9. The Morgan fingerprint density at radius 3 is 2.58 bits per heavy atom. The number of aromatic nitrogens is 2. The van der Waals surface area contributed by atoms with Gasteiger partial charge in [0.2, 0.25) is 0 Å². The average molecular weight is 450 g/mol. The van der Waals surface area contributed by atoms with Crippen molar-refractivity contribution in [3.8, 4) is 5.75 Å². The van der Waals surface area contributed by atoms with E-state index in [1.54, 1.807) is 67.2 Å². The van der Waals surface area contributed by atoms with Crippen LogP contribution in [0.25, 0.3) is 5.65 Å². The number of amides is 2. The number of nitrogens with one attached hydrogen (secondary N) is 2. The standard InChI is InChI=1S/C23H22N4O6/c1-3-32-22(29)19-17(13-33-21(28)16-12-27-11-5-4-6-18(27)24-16)25-23(30)26-20(19)14-7-9-15(31-2)10-8-14/h4-12,20H,3,13H2,1-2H3,(H2,25,26,30)/t20-/m0/s1. The van der Waals surface area contributed by atoms with E-state index in [0.717, 1.165) is 0 Å². The van der Waals surface area contributed by atoms with Crippen molar-refractivity contribution in [1.29, 1.82) is 0 Å². The molecule has 3 heterocycles. The van der Waals surface area contributed by atoms with E-state index >= 15 is 0 Å². The molecule has 2 N–H and O–H groups in total. The molecular weight excluding hydrogens is 428 g/mol. The Balaban J connectivity index is 1.62. The van der Waals surface area contributed by atoms with E-state index in [4.69, 9.17) is 14.2 Å². The van der Waals surface area contributed by atoms with Crippen molar-refractivity contribution >= 4 is 23.6 Å². The monoisotopic (exact) mass is 450 g/mol. The van der Waals surface area contributed by atoms with Crippen molar-refractivity contribution in [2.45, 2.75) is 13.0 Å². The van der Waals surface area contributed by atoms with Gasteiger partial charge in [-0.15, -0.1) is 0 Å². The van der Waals surface area contributed by atoms with Gasteiger partial charge >= 0.3 is 18.0 Å². The van der Waals surface area contributed by atoms with Gasteiger partial charge < -0.3 is 29.2 Å². The van der Waals surface area contributed by atoms with Gasteiger partial charge in [-0.2, -0.15) is 0 Å². The summed E-state index contributed by atoms with van der Waals surface area (Å²) in [6, 6.07) is 10.9. The van der Waals surface area contributed by atoms with Gasteiger partial charge in [0.05, 0.1) is 31.0 Å². The van der Waals surface area contributed by atoms with Gasteiger partial charge in [-0.25, -0.2) is 19.4 Å². The smallest absolute Gasteiger partial charge is 0.358 e. The first-order valence-corrected chi connectivity index (χ1v) is 10.2. The van der Waals surface area contributed by atoms with Crippen LogP contribution in [0.5, 0.6) is 5.75 Å². The van der Waals surface area contributed by atoms with Gasteiger partial charge in [0.25, 0.3) is 0 Å². The van der Waals surface area contributed by atoms with Gasteiger partial charge in [-0.1, -0.05) is 18.2 Å². The van der Waals surface area contributed by atoms with Crippen LogP contribution < -0.4 is 15.4 Å². The van der Waals surface area contributed by atoms with Crippen LogP contribution in [0.4, 0.5) is 4.79 Å². The molecule has 3 aromatic rings. The van der Waals surface area contributed by atoms with Crippen LogP contribution in [0.1, 0.15) is 29.0 Å². The van der Waals surface area contributed by atoms with E-state index in [1.165, 1.54) is 0 Å². The molecule has 0 bridgehead atoms. The molecule has 4 rings (SSSR count). The minimum atomic E-state index is -0.799. The van der Waals surface area contributed by atoms with Crippen molar-refractivity contribution in [3.63, 3.8) is 0 Å². The first-order chi connectivity index (χ1) is 16.0. The summed E-state index contributed by atoms with van der Waals surface area (Å²) in [5, 5.41) is 5.28. The third-order valence-corrected chi connectivity index (χ3v) is 5.02. The van der Waals surface area contributed by atoms with Crippen LogP contribution in [0.15, 0.2) is 66.1 Å². The number of imidazole rings is 1. The molecule has 0 saturated carbocycles. The molecule has 1 aliphatic rings. The number of pyridine rings is 1. The lowest BCUT2D eigenvalue weighted by atomic mass is 9.95. The second-order valence-corrected chi connectivity index (χ2v) is 7.09. The van der Waals surface area contributed by atoms with Gasteiger partial charge in [0.1, 0.15) is 18.0 Å². The number of nitrogens with zero attached hydrogens (tertiary/aromatic N) is 2. The van der Waals surface area contributed by atoms with Crippen LogP contribution >= 0.6 is 0 Å². The van der Waals surface area contributed by atoms with E-state index < -0.39 is 24.0 Å². The summed E-state index contributed by atoms with van der Waals surface area (Å²) in [5.74, 6) is -0.699. The van der Waals surface area contributed by atoms with Crippen LogP contribution in [0.2, 0.25) is 0 Å². The number of ether oxygens (including phenoxy) is 3. The largest absolute Gasteiger partial charge is 0.497 e. The van der Waals surface area contributed by atoms with E-state index in [2.05, 4.69) is 15.6 Å². The second kappa shape index (κ2) is 9.43. The lowest BCUT2D eigenvalue weighted by molar-refractivity contribution is -0.139. The zero-order valence-corrected chi connectivity index (χ0v) is 18.0. The second-order valence-electron chi connectivity index (χ2n) is 7.09. The fourth-order valence-corrected chi connectivity index (χ4v) is 3.47. The number of carbonyl (C=O) groups excluding carboxylic acids is 3. The quantitative estimate of drug-likeness (QED) is 0.530. The molecule has 1 aromatic carbocycles. The number of benzene rings is 1. The SMILES string of the molecule is CCOC(=O)C1=C(COC(=O)c2cn3ccccc3n2)NC(=O)N[C@H]1c1ccc(OC)cc1. The molecule has 2 amide bonds. The lowest BCUT2D eigenvalue weighted by Crippen LogP contribution is -2.47. The Bertz CT molecular complexity index is 1200. The fourth-order valence-electron chi connectivity index (χ4n) is 3.47. The summed E-state index contributed by atoms with van der Waals surface area (Å²) >= 11 is 0. The molecule has 2 aromatic heterocycles. The molecule has 1 atom stereocenters. The van der Waals surface area contributed by atoms with Gasteiger partial charge in [-0.05, 0) is 36.8 Å². The number of methoxy groups -OCH3 is 1. The number of esters is 2. The number of rotatable bonds is 7. The molecule has 1 aliphatic heterocycles. The third kappa shape index (κ3) is 4.64. The molecule has 0 aliphatic carbocycles.